The van der Waals surface area contributed by atoms with Crippen molar-refractivity contribution in [2.45, 2.75) is 33.7 Å². The third kappa shape index (κ3) is 4.19. The molecule has 160 valence electrons. The number of benzene rings is 2. The van der Waals surface area contributed by atoms with Gasteiger partial charge < -0.3 is 18.9 Å². The van der Waals surface area contributed by atoms with Crippen molar-refractivity contribution in [1.29, 1.82) is 0 Å². The van der Waals surface area contributed by atoms with Crippen LogP contribution in [-0.2, 0) is 13.0 Å². The van der Waals surface area contributed by atoms with Crippen LogP contribution in [0.25, 0.3) is 33.7 Å². The molecule has 0 aliphatic heterocycles. The van der Waals surface area contributed by atoms with Crippen molar-refractivity contribution in [2.24, 2.45) is 0 Å². The van der Waals surface area contributed by atoms with E-state index >= 15 is 0 Å². The Kier molecular flexibility index (Phi) is 6.38. The number of aryl methyl sites for hydroxylation is 3. The number of hydrogen-bond acceptors (Lipinski definition) is 6. The average molecular weight is 448 g/mol. The smallest absolute Gasteiger partial charge is 0.545 e. The summed E-state index contributed by atoms with van der Waals surface area (Å²) in [5.41, 5.74) is 6.61. The second-order valence-corrected chi connectivity index (χ2v) is 7.87. The molecule has 0 aliphatic carbocycles. The van der Waals surface area contributed by atoms with Gasteiger partial charge in [-0.15, -0.1) is 0 Å². The number of carbonyl (C=O) groups is 1. The molecule has 0 bridgehead atoms. The molecule has 7 nitrogen and oxygen atoms in total. The fraction of sp³-hybridized carbons (Fsp3) is 0.200. The molecule has 0 radical (unpaired) electrons. The number of hydrogen-bond donors (Lipinski definition) is 0. The second-order valence-electron chi connectivity index (χ2n) is 7.87. The fourth-order valence-corrected chi connectivity index (χ4v) is 4.10. The maximum absolute atomic E-state index is 11.5. The van der Waals surface area contributed by atoms with Gasteiger partial charge in [0.15, 0.2) is 11.2 Å². The summed E-state index contributed by atoms with van der Waals surface area (Å²) in [6.07, 6.45) is 0.797. The number of aromatic carboxylic acids is 1. The summed E-state index contributed by atoms with van der Waals surface area (Å²) in [4.78, 5) is 25.6. The molecule has 33 heavy (non-hydrogen) atoms. The summed E-state index contributed by atoms with van der Waals surface area (Å²) >= 11 is 0. The van der Waals surface area contributed by atoms with E-state index in [0.29, 0.717) is 23.2 Å². The van der Waals surface area contributed by atoms with E-state index in [0.717, 1.165) is 40.2 Å². The number of rotatable bonds is 5. The summed E-state index contributed by atoms with van der Waals surface area (Å²) in [5, 5.41) is 11.5. The van der Waals surface area contributed by atoms with Crippen molar-refractivity contribution >= 4 is 28.2 Å². The van der Waals surface area contributed by atoms with Gasteiger partial charge in [0.25, 0.3) is 0 Å². The van der Waals surface area contributed by atoms with Gasteiger partial charge in [-0.25, -0.2) is 15.0 Å². The molecule has 0 amide bonds. The van der Waals surface area contributed by atoms with Crippen LogP contribution in [0.1, 0.15) is 39.9 Å². The zero-order valence-corrected chi connectivity index (χ0v) is 21.0. The molecule has 8 heteroatoms. The van der Waals surface area contributed by atoms with Gasteiger partial charge >= 0.3 is 29.6 Å². The normalized spacial score (nSPS) is 11.1. The summed E-state index contributed by atoms with van der Waals surface area (Å²) in [6, 6.07) is 14.4. The molecule has 0 saturated carbocycles. The minimum absolute atomic E-state index is 0. The number of carboxylic acid groups (broad SMARTS) is 1. The summed E-state index contributed by atoms with van der Waals surface area (Å²) < 4.78 is 7.99. The van der Waals surface area contributed by atoms with Crippen molar-refractivity contribution < 1.29 is 43.9 Å². The SMILES string of the molecule is CCc1nc2c(C)cc(C)nc2n1Cc1ccc2oc(-c3ccccc3C(=O)[O-])nc2c1.[Na+]. The van der Waals surface area contributed by atoms with Gasteiger partial charge in [0.1, 0.15) is 16.9 Å². The van der Waals surface area contributed by atoms with Gasteiger partial charge in [0.2, 0.25) is 5.89 Å². The maximum atomic E-state index is 11.5. The van der Waals surface area contributed by atoms with Gasteiger partial charge in [-0.3, -0.25) is 0 Å². The summed E-state index contributed by atoms with van der Waals surface area (Å²) in [6.45, 7) is 6.73. The molecule has 5 aromatic rings. The molecule has 0 atom stereocenters. The van der Waals surface area contributed by atoms with E-state index in [2.05, 4.69) is 23.4 Å². The number of fused-ring (bicyclic) bond motifs is 2. The Bertz CT molecular complexity index is 1500. The van der Waals surface area contributed by atoms with Crippen LogP contribution in [0.3, 0.4) is 0 Å². The monoisotopic (exact) mass is 448 g/mol. The summed E-state index contributed by atoms with van der Waals surface area (Å²) in [7, 11) is 0. The molecule has 0 saturated heterocycles. The van der Waals surface area contributed by atoms with Crippen LogP contribution in [0.5, 0.6) is 0 Å². The van der Waals surface area contributed by atoms with Crippen LogP contribution in [0.15, 0.2) is 52.9 Å². The molecule has 0 fully saturated rings. The van der Waals surface area contributed by atoms with E-state index in [1.165, 1.54) is 6.07 Å². The number of carbonyl (C=O) groups excluding carboxylic acids is 1. The molecule has 0 spiro atoms. The molecule has 3 heterocycles. The molecule has 3 aromatic heterocycles. The van der Waals surface area contributed by atoms with Gasteiger partial charge in [0.05, 0.1) is 12.5 Å². The Morgan fingerprint density at radius 1 is 1.06 bits per heavy atom. The van der Waals surface area contributed by atoms with Crippen molar-refractivity contribution in [3.63, 3.8) is 0 Å². The van der Waals surface area contributed by atoms with Crippen LogP contribution in [-0.4, -0.2) is 25.5 Å². The van der Waals surface area contributed by atoms with Crippen LogP contribution in [0.2, 0.25) is 0 Å². The van der Waals surface area contributed by atoms with Gasteiger partial charge in [0, 0.05) is 23.2 Å². The number of nitrogens with zero attached hydrogens (tertiary/aromatic N) is 4. The third-order valence-corrected chi connectivity index (χ3v) is 5.59. The predicted octanol–water partition coefficient (Wildman–Crippen LogP) is 0.835. The van der Waals surface area contributed by atoms with Crippen LogP contribution in [0.4, 0.5) is 0 Å². The van der Waals surface area contributed by atoms with Crippen molar-refractivity contribution in [3.8, 4) is 11.5 Å². The first-order valence-corrected chi connectivity index (χ1v) is 10.5. The van der Waals surface area contributed by atoms with Gasteiger partial charge in [-0.2, -0.15) is 0 Å². The third-order valence-electron chi connectivity index (χ3n) is 5.59. The molecule has 0 N–H and O–H groups in total. The topological polar surface area (TPSA) is 96.9 Å². The minimum atomic E-state index is -1.26. The zero-order chi connectivity index (χ0) is 22.4. The standard InChI is InChI=1S/C25H22N4O3.Na/c1-4-21-28-22-14(2)11-15(3)26-23(22)29(21)13-16-9-10-20-19(12-16)27-24(32-20)17-7-5-6-8-18(17)25(30)31;/h5-12H,4,13H2,1-3H3,(H,30,31);/q;+1/p-1. The first-order chi connectivity index (χ1) is 15.4. The Hall–Kier alpha value is -3.00. The zero-order valence-electron chi connectivity index (χ0n) is 19.0. The van der Waals surface area contributed by atoms with E-state index in [9.17, 15) is 9.90 Å². The van der Waals surface area contributed by atoms with Crippen LogP contribution >= 0.6 is 0 Å². The Morgan fingerprint density at radius 3 is 2.61 bits per heavy atom. The van der Waals surface area contributed by atoms with Crippen molar-refractivity contribution in [1.82, 2.24) is 19.5 Å². The van der Waals surface area contributed by atoms with E-state index in [-0.39, 0.29) is 41.0 Å². The van der Waals surface area contributed by atoms with Crippen LogP contribution < -0.4 is 34.7 Å². The Balaban J connectivity index is 0.00000259. The largest absolute Gasteiger partial charge is 1.00 e. The van der Waals surface area contributed by atoms with E-state index in [1.54, 1.807) is 18.2 Å². The van der Waals surface area contributed by atoms with E-state index < -0.39 is 5.97 Å². The number of oxazole rings is 1. The summed E-state index contributed by atoms with van der Waals surface area (Å²) in [5.74, 6) is -0.0297. The number of imidazole rings is 1. The number of pyridine rings is 1. The predicted molar refractivity (Wildman–Crippen MR) is 119 cm³/mol. The molecule has 5 rings (SSSR count). The quantitative estimate of drug-likeness (QED) is 0.370. The van der Waals surface area contributed by atoms with Gasteiger partial charge in [-0.05, 0) is 49.2 Å². The van der Waals surface area contributed by atoms with Crippen molar-refractivity contribution in [2.75, 3.05) is 0 Å². The van der Waals surface area contributed by atoms with E-state index in [1.807, 2.05) is 31.2 Å². The molecule has 2 aromatic carbocycles. The molecule has 0 aliphatic rings. The fourth-order valence-electron chi connectivity index (χ4n) is 4.10. The second kappa shape index (κ2) is 9.09. The molecular formula is C25H21N4NaO3. The van der Waals surface area contributed by atoms with Crippen molar-refractivity contribution in [3.05, 3.63) is 76.7 Å². The Morgan fingerprint density at radius 2 is 1.85 bits per heavy atom. The average Bonchev–Trinajstić information content (AvgIpc) is 3.35. The Labute approximate surface area is 212 Å². The van der Waals surface area contributed by atoms with Crippen LogP contribution in [0, 0.1) is 13.8 Å². The molecular weight excluding hydrogens is 427 g/mol. The number of aromatic nitrogens is 4. The molecule has 0 unspecified atom stereocenters. The first-order valence-electron chi connectivity index (χ1n) is 10.5. The first kappa shape index (κ1) is 23.2. The minimum Gasteiger partial charge on any atom is -0.545 e. The van der Waals surface area contributed by atoms with E-state index in [4.69, 9.17) is 14.4 Å². The number of carboxylic acids is 1. The maximum Gasteiger partial charge on any atom is 1.00 e. The van der Waals surface area contributed by atoms with Gasteiger partial charge in [-0.1, -0.05) is 31.2 Å².